The fourth-order valence-electron chi connectivity index (χ4n) is 5.01. The van der Waals surface area contributed by atoms with E-state index in [0.717, 1.165) is 61.2 Å². The zero-order valence-corrected chi connectivity index (χ0v) is 25.3. The van der Waals surface area contributed by atoms with E-state index in [4.69, 9.17) is 11.6 Å². The van der Waals surface area contributed by atoms with E-state index >= 15 is 0 Å². The molecule has 2 amide bonds. The molecule has 5 rings (SSSR count). The maximum atomic E-state index is 13.7. The summed E-state index contributed by atoms with van der Waals surface area (Å²) in [6, 6.07) is 15.8. The number of carbonyl (C=O) groups is 2. The van der Waals surface area contributed by atoms with Crippen molar-refractivity contribution in [3.63, 3.8) is 0 Å². The third kappa shape index (κ3) is 8.28. The van der Waals surface area contributed by atoms with Gasteiger partial charge in [-0.3, -0.25) is 19.2 Å². The van der Waals surface area contributed by atoms with Crippen LogP contribution in [0.2, 0.25) is 5.02 Å². The average molecular weight is 616 g/mol. The largest absolute Gasteiger partial charge is 0.337 e. The van der Waals surface area contributed by atoms with Gasteiger partial charge in [0, 0.05) is 55.6 Å². The Morgan fingerprint density at radius 2 is 1.85 bits per heavy atom. The van der Waals surface area contributed by atoms with Gasteiger partial charge in [-0.15, -0.1) is 11.3 Å². The first-order valence-corrected chi connectivity index (χ1v) is 16.9. The summed E-state index contributed by atoms with van der Waals surface area (Å²) in [5, 5.41) is 2.48. The number of aromatic nitrogens is 1. The first-order chi connectivity index (χ1) is 19.6. The zero-order valence-electron chi connectivity index (χ0n) is 23.0. The summed E-state index contributed by atoms with van der Waals surface area (Å²) >= 11 is 7.57. The van der Waals surface area contributed by atoms with Gasteiger partial charge >= 0.3 is 0 Å². The molecular weight excluding hydrogens is 582 g/mol. The number of hydrogen-bond acceptors (Lipinski definition) is 7. The van der Waals surface area contributed by atoms with Crippen LogP contribution in [0.1, 0.15) is 36.1 Å². The molecule has 2 aromatic carbocycles. The summed E-state index contributed by atoms with van der Waals surface area (Å²) in [5.74, 6) is 0.0410. The lowest BCUT2D eigenvalue weighted by molar-refractivity contribution is -0.131. The van der Waals surface area contributed by atoms with Gasteiger partial charge in [0.25, 0.3) is 0 Å². The van der Waals surface area contributed by atoms with Gasteiger partial charge in [0.1, 0.15) is 0 Å². The van der Waals surface area contributed by atoms with E-state index in [0.29, 0.717) is 36.9 Å². The predicted octanol–water partition coefficient (Wildman–Crippen LogP) is 4.39. The summed E-state index contributed by atoms with van der Waals surface area (Å²) in [5.41, 5.74) is 3.32. The van der Waals surface area contributed by atoms with Crippen molar-refractivity contribution in [3.05, 3.63) is 75.8 Å². The Morgan fingerprint density at radius 1 is 1.07 bits per heavy atom. The van der Waals surface area contributed by atoms with Crippen LogP contribution in [0.15, 0.2) is 53.9 Å². The molecule has 41 heavy (non-hydrogen) atoms. The standard InChI is InChI=1S/C29H34ClN5O4S2/c1-41(38,39)32-29-31-25(20-40-29)17-27(36)34-15-14-33(18-21-6-3-2-4-7-21)12-5-13-35(28(37)22-8-9-22)26-16-24(30)11-10-23(26)19-34/h2-4,6-7,10-11,16,20,22H,5,8-9,12-15,17-19H2,1H3,(H,31,32). The van der Waals surface area contributed by atoms with Gasteiger partial charge in [0.15, 0.2) is 5.13 Å². The summed E-state index contributed by atoms with van der Waals surface area (Å²) in [6.07, 6.45) is 3.70. The number of halogens is 1. The molecule has 1 N–H and O–H groups in total. The number of nitrogens with zero attached hydrogens (tertiary/aromatic N) is 4. The highest BCUT2D eigenvalue weighted by atomic mass is 35.5. The molecule has 0 bridgehead atoms. The van der Waals surface area contributed by atoms with Gasteiger partial charge in [-0.25, -0.2) is 13.4 Å². The first-order valence-electron chi connectivity index (χ1n) is 13.7. The second-order valence-electron chi connectivity index (χ2n) is 10.7. The highest BCUT2D eigenvalue weighted by molar-refractivity contribution is 7.92. The van der Waals surface area contributed by atoms with E-state index in [9.17, 15) is 18.0 Å². The second-order valence-corrected chi connectivity index (χ2v) is 13.7. The summed E-state index contributed by atoms with van der Waals surface area (Å²) in [6.45, 7) is 3.56. The Kier molecular flexibility index (Phi) is 9.28. The van der Waals surface area contributed by atoms with Gasteiger partial charge in [-0.1, -0.05) is 48.0 Å². The molecular formula is C29H34ClN5O4S2. The van der Waals surface area contributed by atoms with Crippen molar-refractivity contribution >= 4 is 55.6 Å². The van der Waals surface area contributed by atoms with Crippen molar-refractivity contribution in [2.24, 2.45) is 5.92 Å². The quantitative estimate of drug-likeness (QED) is 0.423. The van der Waals surface area contributed by atoms with Crippen LogP contribution in [-0.4, -0.2) is 67.5 Å². The molecule has 9 nitrogen and oxygen atoms in total. The normalized spacial score (nSPS) is 17.0. The number of hydrogen-bond donors (Lipinski definition) is 1. The Bertz CT molecular complexity index is 1490. The third-order valence-electron chi connectivity index (χ3n) is 7.19. The SMILES string of the molecule is CS(=O)(=O)Nc1nc(CC(=O)N2CCN(Cc3ccccc3)CCCN(C(=O)C3CC3)c3cc(Cl)ccc3C2)cs1. The van der Waals surface area contributed by atoms with Crippen LogP contribution in [0.25, 0.3) is 0 Å². The van der Waals surface area contributed by atoms with Crippen molar-refractivity contribution in [2.75, 3.05) is 42.1 Å². The van der Waals surface area contributed by atoms with Gasteiger partial charge in [-0.2, -0.15) is 0 Å². The molecule has 0 unspecified atom stereocenters. The Hall–Kier alpha value is -2.99. The maximum absolute atomic E-state index is 13.7. The monoisotopic (exact) mass is 615 g/mol. The molecule has 2 heterocycles. The van der Waals surface area contributed by atoms with Gasteiger partial charge in [0.05, 0.1) is 24.1 Å². The van der Waals surface area contributed by atoms with E-state index < -0.39 is 10.0 Å². The smallest absolute Gasteiger partial charge is 0.231 e. The lowest BCUT2D eigenvalue weighted by atomic mass is 10.1. The summed E-state index contributed by atoms with van der Waals surface area (Å²) in [4.78, 5) is 37.5. The van der Waals surface area contributed by atoms with Crippen LogP contribution in [0, 0.1) is 5.92 Å². The highest BCUT2D eigenvalue weighted by Crippen LogP contribution is 2.35. The van der Waals surface area contributed by atoms with Gasteiger partial charge < -0.3 is 9.80 Å². The minimum Gasteiger partial charge on any atom is -0.337 e. The predicted molar refractivity (Wildman–Crippen MR) is 163 cm³/mol. The Morgan fingerprint density at radius 3 is 2.59 bits per heavy atom. The van der Waals surface area contributed by atoms with Crippen LogP contribution in [0.4, 0.5) is 10.8 Å². The first kappa shape index (κ1) is 29.5. The van der Waals surface area contributed by atoms with Gasteiger partial charge in [0.2, 0.25) is 21.8 Å². The second kappa shape index (κ2) is 12.9. The molecule has 0 radical (unpaired) electrons. The fraction of sp³-hybridized carbons (Fsp3) is 0.414. The number of amides is 2. The molecule has 0 atom stereocenters. The molecule has 0 spiro atoms. The number of rotatable bonds is 7. The highest BCUT2D eigenvalue weighted by Gasteiger charge is 2.35. The Balaban J connectivity index is 1.42. The van der Waals surface area contributed by atoms with Crippen LogP contribution < -0.4 is 9.62 Å². The fourth-order valence-corrected chi connectivity index (χ4v) is 6.74. The number of benzene rings is 2. The molecule has 1 saturated carbocycles. The molecule has 218 valence electrons. The maximum Gasteiger partial charge on any atom is 0.231 e. The number of carbonyl (C=O) groups excluding carboxylic acids is 2. The number of nitrogens with one attached hydrogen (secondary N) is 1. The van der Waals surface area contributed by atoms with Crippen molar-refractivity contribution < 1.29 is 18.0 Å². The van der Waals surface area contributed by atoms with E-state index in [1.54, 1.807) is 16.3 Å². The van der Waals surface area contributed by atoms with Gasteiger partial charge in [-0.05, 0) is 42.5 Å². The minimum atomic E-state index is -3.46. The molecule has 2 aliphatic rings. The van der Waals surface area contributed by atoms with Crippen LogP contribution in [0.5, 0.6) is 0 Å². The number of anilines is 2. The molecule has 1 aromatic heterocycles. The molecule has 1 aliphatic heterocycles. The van der Waals surface area contributed by atoms with Crippen LogP contribution in [-0.2, 0) is 39.1 Å². The minimum absolute atomic E-state index is 0.0360. The van der Waals surface area contributed by atoms with Crippen LogP contribution in [0.3, 0.4) is 0 Å². The van der Waals surface area contributed by atoms with Crippen molar-refractivity contribution in [1.29, 1.82) is 0 Å². The lowest BCUT2D eigenvalue weighted by Gasteiger charge is -2.28. The van der Waals surface area contributed by atoms with Crippen molar-refractivity contribution in [3.8, 4) is 0 Å². The van der Waals surface area contributed by atoms with E-state index in [2.05, 4.69) is 26.7 Å². The van der Waals surface area contributed by atoms with Crippen molar-refractivity contribution in [1.82, 2.24) is 14.8 Å². The van der Waals surface area contributed by atoms with E-state index in [1.807, 2.05) is 35.2 Å². The number of sulfonamides is 1. The third-order valence-corrected chi connectivity index (χ3v) is 8.93. The lowest BCUT2D eigenvalue weighted by Crippen LogP contribution is -2.39. The number of fused-ring (bicyclic) bond motifs is 1. The summed E-state index contributed by atoms with van der Waals surface area (Å²) in [7, 11) is -3.46. The average Bonchev–Trinajstić information content (AvgIpc) is 3.69. The van der Waals surface area contributed by atoms with Crippen LogP contribution >= 0.6 is 22.9 Å². The van der Waals surface area contributed by atoms with E-state index in [1.165, 1.54) is 5.56 Å². The summed E-state index contributed by atoms with van der Waals surface area (Å²) < 4.78 is 25.6. The molecule has 3 aromatic rings. The molecule has 1 aliphatic carbocycles. The Labute approximate surface area is 250 Å². The van der Waals surface area contributed by atoms with Crippen molar-refractivity contribution in [2.45, 2.75) is 38.8 Å². The molecule has 1 fully saturated rings. The van der Waals surface area contributed by atoms with E-state index in [-0.39, 0.29) is 29.3 Å². The number of thiazole rings is 1. The topological polar surface area (TPSA) is 103 Å². The zero-order chi connectivity index (χ0) is 29.0. The molecule has 0 saturated heterocycles. The molecule has 12 heteroatoms.